The second kappa shape index (κ2) is 10.1. The monoisotopic (exact) mass is 459 g/mol. The van der Waals surface area contributed by atoms with Crippen LogP contribution in [-0.2, 0) is 19.9 Å². The van der Waals surface area contributed by atoms with E-state index in [-0.39, 0.29) is 16.4 Å². The number of piperazine rings is 1. The fourth-order valence-electron chi connectivity index (χ4n) is 6.29. The number of rotatable bonds is 7. The molecule has 1 aromatic rings. The Labute approximate surface area is 196 Å². The van der Waals surface area contributed by atoms with Gasteiger partial charge in [-0.25, -0.2) is 4.79 Å². The van der Waals surface area contributed by atoms with E-state index >= 15 is 0 Å². The van der Waals surface area contributed by atoms with Crippen molar-refractivity contribution in [1.29, 1.82) is 0 Å². The molecule has 0 bridgehead atoms. The van der Waals surface area contributed by atoms with Crippen molar-refractivity contribution in [1.82, 2.24) is 10.6 Å². The standard InChI is InChI=1S/C25H38N4O4/c1-29(22(23(26)30)20-17-27-14-15-28-20)16-8-13-21(29)33-24(31)25(32,18-9-4-2-5-10-18)19-11-6-3-7-12-19/h2,4-5,9-10,19-22,27-28,32H,3,6-8,11-17H2,1H3,(H-,26,30)/p+1. The van der Waals surface area contributed by atoms with Crippen molar-refractivity contribution in [3.05, 3.63) is 35.9 Å². The molecule has 1 amide bonds. The molecular weight excluding hydrogens is 420 g/mol. The first-order chi connectivity index (χ1) is 15.9. The topological polar surface area (TPSA) is 114 Å². The Kier molecular flexibility index (Phi) is 7.38. The average Bonchev–Trinajstić information content (AvgIpc) is 3.20. The van der Waals surface area contributed by atoms with E-state index in [2.05, 4.69) is 10.6 Å². The number of likely N-dealkylation sites (N-methyl/N-ethyl adjacent to an activating group) is 1. The fourth-order valence-corrected chi connectivity index (χ4v) is 6.29. The Morgan fingerprint density at radius 2 is 1.85 bits per heavy atom. The largest absolute Gasteiger partial charge is 0.410 e. The summed E-state index contributed by atoms with van der Waals surface area (Å²) in [5.74, 6) is -1.18. The minimum atomic E-state index is -1.69. The van der Waals surface area contributed by atoms with E-state index in [9.17, 15) is 14.7 Å². The summed E-state index contributed by atoms with van der Waals surface area (Å²) < 4.78 is 6.40. The van der Waals surface area contributed by atoms with E-state index in [0.717, 1.165) is 51.6 Å². The lowest BCUT2D eigenvalue weighted by Gasteiger charge is -2.45. The van der Waals surface area contributed by atoms with Crippen LogP contribution in [0.25, 0.3) is 0 Å². The fraction of sp³-hybridized carbons (Fsp3) is 0.680. The molecule has 8 heteroatoms. The summed E-state index contributed by atoms with van der Waals surface area (Å²) >= 11 is 0. The van der Waals surface area contributed by atoms with Crippen LogP contribution < -0.4 is 16.4 Å². The van der Waals surface area contributed by atoms with Gasteiger partial charge in [0.15, 0.2) is 11.6 Å². The highest BCUT2D eigenvalue weighted by molar-refractivity contribution is 5.82. The number of nitrogens with two attached hydrogens (primary N) is 1. The number of carbonyl (C=O) groups is 2. The van der Waals surface area contributed by atoms with E-state index in [4.69, 9.17) is 10.5 Å². The predicted molar refractivity (Wildman–Crippen MR) is 125 cm³/mol. The normalized spacial score (nSPS) is 31.5. The summed E-state index contributed by atoms with van der Waals surface area (Å²) in [4.78, 5) is 26.4. The molecule has 5 atom stereocenters. The van der Waals surface area contributed by atoms with Gasteiger partial charge in [0.25, 0.3) is 5.91 Å². The van der Waals surface area contributed by atoms with E-state index < -0.39 is 29.7 Å². The molecule has 3 fully saturated rings. The van der Waals surface area contributed by atoms with Gasteiger partial charge in [-0.1, -0.05) is 49.6 Å². The molecule has 0 aromatic heterocycles. The average molecular weight is 460 g/mol. The highest BCUT2D eigenvalue weighted by Crippen LogP contribution is 2.42. The van der Waals surface area contributed by atoms with Gasteiger partial charge in [0.1, 0.15) is 0 Å². The summed E-state index contributed by atoms with van der Waals surface area (Å²) in [7, 11) is 1.96. The number of hydrogen-bond donors (Lipinski definition) is 4. The van der Waals surface area contributed by atoms with Gasteiger partial charge < -0.3 is 26.2 Å². The molecule has 3 aliphatic rings. The molecule has 33 heavy (non-hydrogen) atoms. The lowest BCUT2D eigenvalue weighted by molar-refractivity contribution is -0.955. The summed E-state index contributed by atoms with van der Waals surface area (Å²) in [6.45, 7) is 2.93. The van der Waals surface area contributed by atoms with Crippen molar-refractivity contribution in [3.63, 3.8) is 0 Å². The SMILES string of the molecule is C[N+]1(C(C(N)=O)C2CNCCN2)CCCC1OC(=O)C(O)(c1ccccc1)C1CCCCC1. The molecule has 2 heterocycles. The molecule has 5 unspecified atom stereocenters. The molecule has 0 spiro atoms. The van der Waals surface area contributed by atoms with Gasteiger partial charge in [-0.05, 0) is 18.4 Å². The van der Waals surface area contributed by atoms with Crippen molar-refractivity contribution in [3.8, 4) is 0 Å². The highest BCUT2D eigenvalue weighted by atomic mass is 16.6. The summed E-state index contributed by atoms with van der Waals surface area (Å²) in [5.41, 5.74) is 4.80. The third-order valence-electron chi connectivity index (χ3n) is 8.09. The molecule has 5 N–H and O–H groups in total. The zero-order chi connectivity index (χ0) is 23.5. The Morgan fingerprint density at radius 3 is 2.48 bits per heavy atom. The Balaban J connectivity index is 1.61. The summed E-state index contributed by atoms with van der Waals surface area (Å²) in [6, 6.07) is 8.52. The molecule has 8 nitrogen and oxygen atoms in total. The summed E-state index contributed by atoms with van der Waals surface area (Å²) in [6.07, 6.45) is 5.63. The van der Waals surface area contributed by atoms with Crippen LogP contribution in [0.15, 0.2) is 30.3 Å². The van der Waals surface area contributed by atoms with Crippen LogP contribution in [0.4, 0.5) is 0 Å². The smallest absolute Gasteiger partial charge is 0.347 e. The predicted octanol–water partition coefficient (Wildman–Crippen LogP) is 0.980. The van der Waals surface area contributed by atoms with Gasteiger partial charge in [-0.2, -0.15) is 0 Å². The van der Waals surface area contributed by atoms with Crippen LogP contribution in [0, 0.1) is 5.92 Å². The van der Waals surface area contributed by atoms with Crippen LogP contribution in [0.1, 0.15) is 50.5 Å². The van der Waals surface area contributed by atoms with E-state index in [0.29, 0.717) is 25.1 Å². The van der Waals surface area contributed by atoms with Crippen LogP contribution in [0.3, 0.4) is 0 Å². The number of esters is 1. The molecule has 4 rings (SSSR count). The second-order valence-electron chi connectivity index (χ2n) is 10.2. The quantitative estimate of drug-likeness (QED) is 0.357. The maximum atomic E-state index is 13.8. The van der Waals surface area contributed by atoms with Gasteiger partial charge in [0, 0.05) is 38.4 Å². The maximum Gasteiger partial charge on any atom is 0.347 e. The van der Waals surface area contributed by atoms with Crippen LogP contribution in [-0.4, -0.2) is 73.0 Å². The highest BCUT2D eigenvalue weighted by Gasteiger charge is 2.55. The van der Waals surface area contributed by atoms with Crippen molar-refractivity contribution >= 4 is 11.9 Å². The first kappa shape index (κ1) is 24.1. The third-order valence-corrected chi connectivity index (χ3v) is 8.09. The number of primary amides is 1. The lowest BCUT2D eigenvalue weighted by atomic mass is 9.73. The van der Waals surface area contributed by atoms with Gasteiger partial charge >= 0.3 is 5.97 Å². The number of aliphatic hydroxyl groups is 1. The Hall–Kier alpha value is -2.00. The molecular formula is C25H39N4O4+. The Morgan fingerprint density at radius 1 is 1.12 bits per heavy atom. The van der Waals surface area contributed by atoms with Gasteiger partial charge in [-0.15, -0.1) is 0 Å². The van der Waals surface area contributed by atoms with Crippen molar-refractivity contribution < 1.29 is 23.9 Å². The number of quaternary nitrogens is 1. The molecule has 2 aliphatic heterocycles. The lowest BCUT2D eigenvalue weighted by Crippen LogP contribution is -2.71. The van der Waals surface area contributed by atoms with Crippen molar-refractivity contribution in [2.45, 2.75) is 68.9 Å². The number of benzene rings is 1. The van der Waals surface area contributed by atoms with Crippen LogP contribution >= 0.6 is 0 Å². The number of nitrogens with one attached hydrogen (secondary N) is 2. The maximum absolute atomic E-state index is 13.8. The van der Waals surface area contributed by atoms with Crippen LogP contribution in [0.5, 0.6) is 0 Å². The van der Waals surface area contributed by atoms with Crippen molar-refractivity contribution in [2.75, 3.05) is 33.2 Å². The third kappa shape index (κ3) is 4.67. The minimum absolute atomic E-state index is 0.132. The number of hydrogen-bond acceptors (Lipinski definition) is 6. The summed E-state index contributed by atoms with van der Waals surface area (Å²) in [5, 5.41) is 18.7. The molecule has 1 saturated carbocycles. The first-order valence-electron chi connectivity index (χ1n) is 12.4. The van der Waals surface area contributed by atoms with E-state index in [1.807, 2.05) is 37.4 Å². The molecule has 1 aliphatic carbocycles. The van der Waals surface area contributed by atoms with Crippen LogP contribution in [0.2, 0.25) is 0 Å². The number of ether oxygens (including phenoxy) is 1. The number of nitrogens with zero attached hydrogens (tertiary/aromatic N) is 1. The molecule has 2 saturated heterocycles. The zero-order valence-electron chi connectivity index (χ0n) is 19.7. The minimum Gasteiger partial charge on any atom is -0.410 e. The molecule has 1 aromatic carbocycles. The van der Waals surface area contributed by atoms with Gasteiger partial charge in [0.05, 0.1) is 19.6 Å². The number of likely N-dealkylation sites (tertiary alicyclic amines) is 1. The number of carbonyl (C=O) groups excluding carboxylic acids is 2. The Bertz CT molecular complexity index is 825. The van der Waals surface area contributed by atoms with Gasteiger partial charge in [0.2, 0.25) is 6.23 Å². The number of amides is 1. The molecule has 182 valence electrons. The zero-order valence-corrected chi connectivity index (χ0v) is 19.7. The second-order valence-corrected chi connectivity index (χ2v) is 10.2. The molecule has 0 radical (unpaired) electrons. The van der Waals surface area contributed by atoms with E-state index in [1.54, 1.807) is 0 Å². The van der Waals surface area contributed by atoms with Crippen molar-refractivity contribution in [2.24, 2.45) is 11.7 Å². The van der Waals surface area contributed by atoms with E-state index in [1.165, 1.54) is 0 Å². The first-order valence-corrected chi connectivity index (χ1v) is 12.4. The van der Waals surface area contributed by atoms with Gasteiger partial charge in [-0.3, -0.25) is 9.28 Å².